The van der Waals surface area contributed by atoms with E-state index in [-0.39, 0.29) is 23.2 Å². The molecule has 0 aliphatic heterocycles. The zero-order valence-corrected chi connectivity index (χ0v) is 14.5. The highest BCUT2D eigenvalue weighted by molar-refractivity contribution is 6.11. The van der Waals surface area contributed by atoms with Crippen molar-refractivity contribution in [1.82, 2.24) is 4.57 Å². The van der Waals surface area contributed by atoms with Crippen LogP contribution in [0.25, 0.3) is 0 Å². The molecule has 1 heterocycles. The Morgan fingerprint density at radius 1 is 1.28 bits per heavy atom. The van der Waals surface area contributed by atoms with Crippen molar-refractivity contribution < 1.29 is 14.6 Å². The topological polar surface area (TPSA) is 92.3 Å². The van der Waals surface area contributed by atoms with Crippen molar-refractivity contribution in [2.75, 3.05) is 13.7 Å². The van der Waals surface area contributed by atoms with Crippen LogP contribution in [0.2, 0.25) is 0 Å². The number of methoxy groups -OCH3 is 1. The number of hydrogen-bond donors (Lipinski definition) is 1. The predicted octanol–water partition coefficient (Wildman–Crippen LogP) is 2.31. The number of rotatable bonds is 6. The lowest BCUT2D eigenvalue weighted by Crippen LogP contribution is -2.27. The summed E-state index contributed by atoms with van der Waals surface area (Å²) in [4.78, 5) is 25.3. The van der Waals surface area contributed by atoms with Crippen LogP contribution < -0.4 is 5.56 Å². The van der Waals surface area contributed by atoms with Gasteiger partial charge in [-0.25, -0.2) is 0 Å². The van der Waals surface area contributed by atoms with Crippen molar-refractivity contribution in [2.24, 2.45) is 0 Å². The summed E-state index contributed by atoms with van der Waals surface area (Å²) in [6, 6.07) is 8.74. The molecular weight excluding hydrogens is 320 g/mol. The van der Waals surface area contributed by atoms with E-state index in [9.17, 15) is 20.0 Å². The summed E-state index contributed by atoms with van der Waals surface area (Å²) in [5, 5.41) is 19.9. The second-order valence-electron chi connectivity index (χ2n) is 5.81. The zero-order chi connectivity index (χ0) is 18.6. The lowest BCUT2D eigenvalue weighted by molar-refractivity contribution is 0.103. The quantitative estimate of drug-likeness (QED) is 0.643. The maximum absolute atomic E-state index is 12.9. The second kappa shape index (κ2) is 7.77. The maximum Gasteiger partial charge on any atom is 0.271 e. The number of aromatic nitrogens is 1. The third-order valence-corrected chi connectivity index (χ3v) is 4.07. The van der Waals surface area contributed by atoms with Crippen molar-refractivity contribution >= 4 is 5.78 Å². The number of pyridine rings is 1. The lowest BCUT2D eigenvalue weighted by Gasteiger charge is -2.15. The minimum Gasteiger partial charge on any atom is -0.494 e. The number of hydrogen-bond acceptors (Lipinski definition) is 5. The van der Waals surface area contributed by atoms with Crippen LogP contribution in [0.3, 0.4) is 0 Å². The number of ether oxygens (including phenoxy) is 1. The van der Waals surface area contributed by atoms with E-state index in [0.29, 0.717) is 18.6 Å². The fourth-order valence-corrected chi connectivity index (χ4v) is 2.65. The van der Waals surface area contributed by atoms with Crippen LogP contribution >= 0.6 is 0 Å². The van der Waals surface area contributed by atoms with E-state index in [1.807, 2.05) is 13.0 Å². The van der Waals surface area contributed by atoms with Gasteiger partial charge in [-0.1, -0.05) is 29.8 Å². The number of nitriles is 1. The minimum atomic E-state index is -0.603. The SMILES string of the molecule is COCCCn1c(O)c(C(=O)c2ccc(C)cc2)c(C)c(C#N)c1=O. The van der Waals surface area contributed by atoms with Gasteiger partial charge < -0.3 is 9.84 Å². The van der Waals surface area contributed by atoms with Crippen molar-refractivity contribution in [2.45, 2.75) is 26.8 Å². The summed E-state index contributed by atoms with van der Waals surface area (Å²) in [6.45, 7) is 3.95. The molecule has 0 saturated carbocycles. The molecule has 0 fully saturated rings. The van der Waals surface area contributed by atoms with Crippen LogP contribution in [0.5, 0.6) is 5.88 Å². The van der Waals surface area contributed by atoms with E-state index in [1.165, 1.54) is 14.0 Å². The zero-order valence-electron chi connectivity index (χ0n) is 14.5. The molecule has 0 aliphatic rings. The molecule has 1 aromatic heterocycles. The van der Waals surface area contributed by atoms with Crippen molar-refractivity contribution in [1.29, 1.82) is 5.26 Å². The van der Waals surface area contributed by atoms with E-state index in [0.717, 1.165) is 10.1 Å². The molecule has 0 radical (unpaired) electrons. The van der Waals surface area contributed by atoms with Gasteiger partial charge in [-0.05, 0) is 25.8 Å². The monoisotopic (exact) mass is 340 g/mol. The van der Waals surface area contributed by atoms with Crippen LogP contribution in [-0.2, 0) is 11.3 Å². The first-order valence-electron chi connectivity index (χ1n) is 7.89. The van der Waals surface area contributed by atoms with Gasteiger partial charge in [-0.3, -0.25) is 14.2 Å². The summed E-state index contributed by atoms with van der Waals surface area (Å²) < 4.78 is 6.01. The average Bonchev–Trinajstić information content (AvgIpc) is 2.59. The maximum atomic E-state index is 12.9. The Hall–Kier alpha value is -2.91. The van der Waals surface area contributed by atoms with Gasteiger partial charge in [0.15, 0.2) is 5.78 Å². The normalized spacial score (nSPS) is 10.5. The molecule has 2 aromatic rings. The lowest BCUT2D eigenvalue weighted by atomic mass is 9.96. The van der Waals surface area contributed by atoms with Crippen molar-refractivity contribution in [3.63, 3.8) is 0 Å². The molecule has 6 heteroatoms. The molecule has 6 nitrogen and oxygen atoms in total. The first-order valence-corrected chi connectivity index (χ1v) is 7.89. The summed E-state index contributed by atoms with van der Waals surface area (Å²) in [5.74, 6) is -0.838. The van der Waals surface area contributed by atoms with Gasteiger partial charge in [-0.15, -0.1) is 0 Å². The van der Waals surface area contributed by atoms with Gasteiger partial charge in [0.2, 0.25) is 5.88 Å². The number of benzene rings is 1. The molecule has 25 heavy (non-hydrogen) atoms. The van der Waals surface area contributed by atoms with Gasteiger partial charge in [0, 0.05) is 25.8 Å². The highest BCUT2D eigenvalue weighted by Crippen LogP contribution is 2.25. The third-order valence-electron chi connectivity index (χ3n) is 4.07. The standard InChI is InChI=1S/C19H20N2O4/c1-12-5-7-14(8-6-12)17(22)16-13(2)15(11-20)18(23)21(19(16)24)9-4-10-25-3/h5-8,24H,4,9-10H2,1-3H3. The predicted molar refractivity (Wildman–Crippen MR) is 92.9 cm³/mol. The minimum absolute atomic E-state index is 0.0163. The molecule has 0 saturated heterocycles. The number of nitrogens with zero attached hydrogens (tertiary/aromatic N) is 2. The number of carbonyl (C=O) groups is 1. The summed E-state index contributed by atoms with van der Waals surface area (Å²) in [7, 11) is 1.53. The molecular formula is C19H20N2O4. The van der Waals surface area contributed by atoms with Crippen LogP contribution in [-0.4, -0.2) is 29.2 Å². The fourth-order valence-electron chi connectivity index (χ4n) is 2.65. The molecule has 0 spiro atoms. The van der Waals surface area contributed by atoms with Gasteiger partial charge in [-0.2, -0.15) is 5.26 Å². The van der Waals surface area contributed by atoms with Gasteiger partial charge >= 0.3 is 0 Å². The van der Waals surface area contributed by atoms with Crippen molar-refractivity contribution in [3.05, 3.63) is 62.4 Å². The molecule has 0 amide bonds. The average molecular weight is 340 g/mol. The Bertz CT molecular complexity index is 890. The molecule has 0 atom stereocenters. The third kappa shape index (κ3) is 3.62. The molecule has 0 bridgehead atoms. The second-order valence-corrected chi connectivity index (χ2v) is 5.81. The largest absolute Gasteiger partial charge is 0.494 e. The number of aromatic hydroxyl groups is 1. The molecule has 1 aromatic carbocycles. The Morgan fingerprint density at radius 2 is 1.92 bits per heavy atom. The van der Waals surface area contributed by atoms with E-state index in [2.05, 4.69) is 0 Å². The Balaban J connectivity index is 2.62. The Kier molecular flexibility index (Phi) is 5.73. The van der Waals surface area contributed by atoms with Crippen LogP contribution in [0, 0.1) is 25.2 Å². The van der Waals surface area contributed by atoms with Gasteiger partial charge in [0.25, 0.3) is 5.56 Å². The smallest absolute Gasteiger partial charge is 0.271 e. The molecule has 0 unspecified atom stereocenters. The molecule has 0 aliphatic carbocycles. The van der Waals surface area contributed by atoms with Crippen LogP contribution in [0.4, 0.5) is 0 Å². The summed E-state index contributed by atoms with van der Waals surface area (Å²) in [5.41, 5.74) is 0.824. The first-order chi connectivity index (χ1) is 11.9. The van der Waals surface area contributed by atoms with E-state index in [4.69, 9.17) is 4.74 Å². The van der Waals surface area contributed by atoms with Crippen LogP contribution in [0.15, 0.2) is 29.1 Å². The van der Waals surface area contributed by atoms with Gasteiger partial charge in [0.05, 0.1) is 5.56 Å². The summed E-state index contributed by atoms with van der Waals surface area (Å²) in [6.07, 6.45) is 0.468. The highest BCUT2D eigenvalue weighted by atomic mass is 16.5. The number of aryl methyl sites for hydroxylation is 1. The highest BCUT2D eigenvalue weighted by Gasteiger charge is 2.24. The Labute approximate surface area is 145 Å². The van der Waals surface area contributed by atoms with Crippen LogP contribution in [0.1, 0.15) is 39.0 Å². The fraction of sp³-hybridized carbons (Fsp3) is 0.316. The summed E-state index contributed by atoms with van der Waals surface area (Å²) >= 11 is 0. The molecule has 130 valence electrons. The van der Waals surface area contributed by atoms with E-state index < -0.39 is 17.2 Å². The first kappa shape index (κ1) is 18.4. The van der Waals surface area contributed by atoms with Crippen molar-refractivity contribution in [3.8, 4) is 11.9 Å². The molecule has 1 N–H and O–H groups in total. The van der Waals surface area contributed by atoms with Gasteiger partial charge in [0.1, 0.15) is 11.6 Å². The van der Waals surface area contributed by atoms with E-state index >= 15 is 0 Å². The number of carbonyl (C=O) groups excluding carboxylic acids is 1. The Morgan fingerprint density at radius 3 is 2.48 bits per heavy atom. The number of ketones is 1. The molecule has 2 rings (SSSR count). The van der Waals surface area contributed by atoms with E-state index in [1.54, 1.807) is 24.3 Å².